The standard InChI is InChI=1S/C10H7BrN2O2S/c11-8-5-12-10(16-8)13-9(15)6-2-1-3-7(14)4-6/h1-5,14H,(H,12,13,15). The van der Waals surface area contributed by atoms with Crippen LogP contribution in [-0.2, 0) is 0 Å². The molecule has 0 saturated heterocycles. The van der Waals surface area contributed by atoms with Gasteiger partial charge in [0.25, 0.3) is 5.91 Å². The molecule has 1 amide bonds. The molecule has 1 heterocycles. The van der Waals surface area contributed by atoms with E-state index < -0.39 is 0 Å². The van der Waals surface area contributed by atoms with Gasteiger partial charge in [-0.2, -0.15) is 0 Å². The highest BCUT2D eigenvalue weighted by atomic mass is 79.9. The number of thiazole rings is 1. The molecular formula is C10H7BrN2O2S. The summed E-state index contributed by atoms with van der Waals surface area (Å²) in [5.74, 6) is -0.231. The number of nitrogens with zero attached hydrogens (tertiary/aromatic N) is 1. The van der Waals surface area contributed by atoms with Crippen molar-refractivity contribution >= 4 is 38.3 Å². The Hall–Kier alpha value is -1.40. The van der Waals surface area contributed by atoms with Crippen molar-refractivity contribution in [3.8, 4) is 5.75 Å². The number of phenols is 1. The normalized spacial score (nSPS) is 10.1. The van der Waals surface area contributed by atoms with E-state index in [1.165, 1.54) is 23.5 Å². The van der Waals surface area contributed by atoms with E-state index in [2.05, 4.69) is 26.2 Å². The van der Waals surface area contributed by atoms with Crippen LogP contribution in [0.15, 0.2) is 34.2 Å². The van der Waals surface area contributed by atoms with Gasteiger partial charge in [0.2, 0.25) is 0 Å². The second-order valence-corrected chi connectivity index (χ2v) is 5.38. The van der Waals surface area contributed by atoms with E-state index in [4.69, 9.17) is 0 Å². The second kappa shape index (κ2) is 4.63. The maximum absolute atomic E-state index is 11.7. The van der Waals surface area contributed by atoms with Gasteiger partial charge in [-0.15, -0.1) is 0 Å². The minimum atomic E-state index is -0.294. The van der Waals surface area contributed by atoms with Gasteiger partial charge in [-0.25, -0.2) is 4.98 Å². The predicted molar refractivity (Wildman–Crippen MR) is 65.9 cm³/mol. The third-order valence-electron chi connectivity index (χ3n) is 1.81. The van der Waals surface area contributed by atoms with E-state index in [1.54, 1.807) is 18.3 Å². The number of aromatic nitrogens is 1. The molecule has 0 aliphatic heterocycles. The number of phenolic OH excluding ortho intramolecular Hbond substituents is 1. The quantitative estimate of drug-likeness (QED) is 0.896. The molecule has 0 saturated carbocycles. The molecule has 0 unspecified atom stereocenters. The van der Waals surface area contributed by atoms with E-state index in [-0.39, 0.29) is 11.7 Å². The lowest BCUT2D eigenvalue weighted by Gasteiger charge is -2.01. The fourth-order valence-electron chi connectivity index (χ4n) is 1.13. The molecule has 0 spiro atoms. The monoisotopic (exact) mass is 298 g/mol. The van der Waals surface area contributed by atoms with E-state index in [9.17, 15) is 9.90 Å². The van der Waals surface area contributed by atoms with Crippen LogP contribution in [0.2, 0.25) is 0 Å². The molecule has 2 rings (SSSR count). The van der Waals surface area contributed by atoms with Gasteiger partial charge in [-0.05, 0) is 34.1 Å². The molecule has 0 fully saturated rings. The van der Waals surface area contributed by atoms with Crippen LogP contribution in [0.5, 0.6) is 5.75 Å². The van der Waals surface area contributed by atoms with Crippen molar-refractivity contribution in [1.82, 2.24) is 4.98 Å². The van der Waals surface area contributed by atoms with Gasteiger partial charge >= 0.3 is 0 Å². The minimum Gasteiger partial charge on any atom is -0.508 e. The number of halogens is 1. The first kappa shape index (κ1) is 11.1. The molecule has 0 radical (unpaired) electrons. The van der Waals surface area contributed by atoms with Gasteiger partial charge < -0.3 is 5.11 Å². The van der Waals surface area contributed by atoms with E-state index in [0.29, 0.717) is 10.7 Å². The van der Waals surface area contributed by atoms with Crippen molar-refractivity contribution in [2.24, 2.45) is 0 Å². The molecule has 0 aliphatic rings. The molecule has 82 valence electrons. The summed E-state index contributed by atoms with van der Waals surface area (Å²) in [6.45, 7) is 0. The van der Waals surface area contributed by atoms with Crippen LogP contribution in [0.3, 0.4) is 0 Å². The summed E-state index contributed by atoms with van der Waals surface area (Å²) in [6.07, 6.45) is 1.61. The van der Waals surface area contributed by atoms with Gasteiger partial charge in [0.15, 0.2) is 5.13 Å². The Balaban J connectivity index is 2.14. The number of benzene rings is 1. The highest BCUT2D eigenvalue weighted by Crippen LogP contribution is 2.23. The maximum atomic E-state index is 11.7. The lowest BCUT2D eigenvalue weighted by Crippen LogP contribution is -2.11. The summed E-state index contributed by atoms with van der Waals surface area (Å²) in [5.41, 5.74) is 0.395. The number of rotatable bonds is 2. The lowest BCUT2D eigenvalue weighted by molar-refractivity contribution is 0.102. The van der Waals surface area contributed by atoms with E-state index in [1.807, 2.05) is 0 Å². The van der Waals surface area contributed by atoms with Crippen molar-refractivity contribution in [3.63, 3.8) is 0 Å². The van der Waals surface area contributed by atoms with Crippen LogP contribution in [-0.4, -0.2) is 16.0 Å². The van der Waals surface area contributed by atoms with Gasteiger partial charge in [-0.1, -0.05) is 17.4 Å². The molecule has 4 nitrogen and oxygen atoms in total. The van der Waals surface area contributed by atoms with Crippen LogP contribution in [0.25, 0.3) is 0 Å². The van der Waals surface area contributed by atoms with Gasteiger partial charge in [0, 0.05) is 5.56 Å². The third-order valence-corrected chi connectivity index (χ3v) is 3.20. The number of anilines is 1. The number of hydrogen-bond acceptors (Lipinski definition) is 4. The number of carbonyl (C=O) groups excluding carboxylic acids is 1. The largest absolute Gasteiger partial charge is 0.508 e. The Morgan fingerprint density at radius 2 is 2.31 bits per heavy atom. The van der Waals surface area contributed by atoms with Gasteiger partial charge in [0.05, 0.1) is 9.98 Å². The van der Waals surface area contributed by atoms with Crippen LogP contribution < -0.4 is 5.32 Å². The minimum absolute atomic E-state index is 0.0629. The lowest BCUT2D eigenvalue weighted by atomic mass is 10.2. The Labute approximate surface area is 104 Å². The Kier molecular flexibility index (Phi) is 3.21. The second-order valence-electron chi connectivity index (χ2n) is 2.97. The zero-order valence-corrected chi connectivity index (χ0v) is 10.4. The predicted octanol–water partition coefficient (Wildman–Crippen LogP) is 2.86. The maximum Gasteiger partial charge on any atom is 0.257 e. The van der Waals surface area contributed by atoms with Crippen LogP contribution >= 0.6 is 27.3 Å². The topological polar surface area (TPSA) is 62.2 Å². The van der Waals surface area contributed by atoms with E-state index >= 15 is 0 Å². The smallest absolute Gasteiger partial charge is 0.257 e. The summed E-state index contributed by atoms with van der Waals surface area (Å²) in [7, 11) is 0. The molecule has 6 heteroatoms. The van der Waals surface area contributed by atoms with Crippen molar-refractivity contribution in [1.29, 1.82) is 0 Å². The fourth-order valence-corrected chi connectivity index (χ4v) is 2.23. The summed E-state index contributed by atoms with van der Waals surface area (Å²) in [6, 6.07) is 6.15. The Bertz CT molecular complexity index is 527. The van der Waals surface area contributed by atoms with Crippen molar-refractivity contribution in [2.75, 3.05) is 5.32 Å². The highest BCUT2D eigenvalue weighted by Gasteiger charge is 2.08. The zero-order chi connectivity index (χ0) is 11.5. The molecule has 2 aromatic rings. The summed E-state index contributed by atoms with van der Waals surface area (Å²) in [5, 5.41) is 12.4. The molecule has 0 aliphatic carbocycles. The zero-order valence-electron chi connectivity index (χ0n) is 7.98. The number of amides is 1. The first-order chi connectivity index (χ1) is 7.65. The number of hydrogen-bond donors (Lipinski definition) is 2. The highest BCUT2D eigenvalue weighted by molar-refractivity contribution is 9.11. The first-order valence-electron chi connectivity index (χ1n) is 4.37. The van der Waals surface area contributed by atoms with Gasteiger partial charge in [0.1, 0.15) is 5.75 Å². The molecule has 0 bridgehead atoms. The summed E-state index contributed by atoms with van der Waals surface area (Å²) < 4.78 is 0.846. The van der Waals surface area contributed by atoms with E-state index in [0.717, 1.165) is 3.79 Å². The van der Waals surface area contributed by atoms with Crippen LogP contribution in [0, 0.1) is 0 Å². The number of nitrogens with one attached hydrogen (secondary N) is 1. The molecule has 1 aromatic heterocycles. The van der Waals surface area contributed by atoms with Crippen molar-refractivity contribution in [2.45, 2.75) is 0 Å². The molecule has 1 aromatic carbocycles. The first-order valence-corrected chi connectivity index (χ1v) is 5.98. The number of carbonyl (C=O) groups is 1. The summed E-state index contributed by atoms with van der Waals surface area (Å²) in [4.78, 5) is 15.7. The van der Waals surface area contributed by atoms with Crippen molar-refractivity contribution in [3.05, 3.63) is 39.8 Å². The molecular weight excluding hydrogens is 292 g/mol. The third kappa shape index (κ3) is 2.59. The van der Waals surface area contributed by atoms with Gasteiger partial charge in [-0.3, -0.25) is 10.1 Å². The van der Waals surface area contributed by atoms with Crippen LogP contribution in [0.4, 0.5) is 5.13 Å². The summed E-state index contributed by atoms with van der Waals surface area (Å²) >= 11 is 4.58. The fraction of sp³-hybridized carbons (Fsp3) is 0. The average Bonchev–Trinajstić information content (AvgIpc) is 2.64. The molecule has 16 heavy (non-hydrogen) atoms. The average molecular weight is 299 g/mol. The number of aromatic hydroxyl groups is 1. The van der Waals surface area contributed by atoms with Crippen molar-refractivity contribution < 1.29 is 9.90 Å². The Morgan fingerprint density at radius 1 is 1.50 bits per heavy atom. The molecule has 2 N–H and O–H groups in total. The molecule has 0 atom stereocenters. The Morgan fingerprint density at radius 3 is 2.94 bits per heavy atom. The SMILES string of the molecule is O=C(Nc1ncc(Br)s1)c1cccc(O)c1. The van der Waals surface area contributed by atoms with Crippen LogP contribution in [0.1, 0.15) is 10.4 Å².